The summed E-state index contributed by atoms with van der Waals surface area (Å²) in [5.41, 5.74) is 6.26. The van der Waals surface area contributed by atoms with E-state index >= 15 is 0 Å². The van der Waals surface area contributed by atoms with E-state index in [0.29, 0.717) is 18.2 Å². The summed E-state index contributed by atoms with van der Waals surface area (Å²) in [5, 5.41) is 14.0. The van der Waals surface area contributed by atoms with Gasteiger partial charge in [-0.2, -0.15) is 0 Å². The van der Waals surface area contributed by atoms with Crippen molar-refractivity contribution in [3.63, 3.8) is 0 Å². The summed E-state index contributed by atoms with van der Waals surface area (Å²) in [6, 6.07) is 4.85. The summed E-state index contributed by atoms with van der Waals surface area (Å²) >= 11 is 0. The lowest BCUT2D eigenvalue weighted by molar-refractivity contribution is -0.384. The molecule has 0 bridgehead atoms. The number of methoxy groups -OCH3 is 1. The van der Waals surface area contributed by atoms with Crippen LogP contribution in [0.25, 0.3) is 0 Å². The molecule has 1 aromatic carbocycles. The maximum absolute atomic E-state index is 11.0. The second-order valence-corrected chi connectivity index (χ2v) is 4.40. The van der Waals surface area contributed by atoms with Crippen LogP contribution in [0.2, 0.25) is 0 Å². The van der Waals surface area contributed by atoms with E-state index in [-0.39, 0.29) is 17.5 Å². The first-order chi connectivity index (χ1) is 8.47. The van der Waals surface area contributed by atoms with Crippen molar-refractivity contribution in [1.29, 1.82) is 0 Å². The van der Waals surface area contributed by atoms with Crippen LogP contribution in [0, 0.1) is 16.0 Å². The van der Waals surface area contributed by atoms with E-state index in [4.69, 9.17) is 10.5 Å². The fourth-order valence-electron chi connectivity index (χ4n) is 1.48. The van der Waals surface area contributed by atoms with Crippen molar-refractivity contribution in [3.8, 4) is 5.75 Å². The lowest BCUT2D eigenvalue weighted by atomic mass is 10.1. The Balaban J connectivity index is 2.91. The molecule has 0 spiro atoms. The van der Waals surface area contributed by atoms with Gasteiger partial charge < -0.3 is 15.8 Å². The predicted molar refractivity (Wildman–Crippen MR) is 71.0 cm³/mol. The Labute approximate surface area is 106 Å². The smallest absolute Gasteiger partial charge is 0.333 e. The summed E-state index contributed by atoms with van der Waals surface area (Å²) in [6.45, 7) is 4.49. The van der Waals surface area contributed by atoms with Gasteiger partial charge in [0, 0.05) is 12.6 Å². The average Bonchev–Trinajstić information content (AvgIpc) is 2.34. The van der Waals surface area contributed by atoms with Gasteiger partial charge in [0.15, 0.2) is 5.75 Å². The van der Waals surface area contributed by atoms with Crippen molar-refractivity contribution in [1.82, 2.24) is 0 Å². The Morgan fingerprint density at radius 2 is 2.17 bits per heavy atom. The topological polar surface area (TPSA) is 90.4 Å². The first-order valence-electron chi connectivity index (χ1n) is 5.78. The first kappa shape index (κ1) is 14.2. The standard InChI is InChI=1S/C12H19N3O3/c1-8(2)9(13)7-14-10-5-4-6-11(18-3)12(10)15(16)17/h4-6,8-9,14H,7,13H2,1-3H3. The van der Waals surface area contributed by atoms with Crippen LogP contribution >= 0.6 is 0 Å². The van der Waals surface area contributed by atoms with Crippen molar-refractivity contribution in [2.45, 2.75) is 19.9 Å². The van der Waals surface area contributed by atoms with Crippen LogP contribution in [0.15, 0.2) is 18.2 Å². The fourth-order valence-corrected chi connectivity index (χ4v) is 1.48. The van der Waals surface area contributed by atoms with Gasteiger partial charge in [0.2, 0.25) is 0 Å². The summed E-state index contributed by atoms with van der Waals surface area (Å²) in [6.07, 6.45) is 0. The molecule has 1 rings (SSSR count). The predicted octanol–water partition coefficient (Wildman–Crippen LogP) is 2.00. The van der Waals surface area contributed by atoms with E-state index in [9.17, 15) is 10.1 Å². The highest BCUT2D eigenvalue weighted by Gasteiger charge is 2.20. The van der Waals surface area contributed by atoms with E-state index < -0.39 is 4.92 Å². The summed E-state index contributed by atoms with van der Waals surface area (Å²) in [4.78, 5) is 10.6. The summed E-state index contributed by atoms with van der Waals surface area (Å²) in [5.74, 6) is 0.547. The molecule has 1 aromatic rings. The highest BCUT2D eigenvalue weighted by Crippen LogP contribution is 2.34. The van der Waals surface area contributed by atoms with Crippen LogP contribution in [0.5, 0.6) is 5.75 Å². The molecular weight excluding hydrogens is 234 g/mol. The van der Waals surface area contributed by atoms with Gasteiger partial charge in [-0.3, -0.25) is 10.1 Å². The van der Waals surface area contributed by atoms with Gasteiger partial charge in [-0.05, 0) is 18.1 Å². The van der Waals surface area contributed by atoms with Gasteiger partial charge in [0.1, 0.15) is 5.69 Å². The molecule has 0 fully saturated rings. The van der Waals surface area contributed by atoms with Crippen molar-refractivity contribution < 1.29 is 9.66 Å². The molecule has 0 saturated carbocycles. The zero-order valence-electron chi connectivity index (χ0n) is 10.8. The second-order valence-electron chi connectivity index (χ2n) is 4.40. The Morgan fingerprint density at radius 1 is 1.50 bits per heavy atom. The molecule has 3 N–H and O–H groups in total. The molecule has 0 aromatic heterocycles. The van der Waals surface area contributed by atoms with Crippen LogP contribution in [-0.2, 0) is 0 Å². The number of nitrogens with two attached hydrogens (primary N) is 1. The number of nitrogens with zero attached hydrogens (tertiary/aromatic N) is 1. The van der Waals surface area contributed by atoms with Crippen molar-refractivity contribution in [3.05, 3.63) is 28.3 Å². The van der Waals surface area contributed by atoms with Crippen LogP contribution in [0.3, 0.4) is 0 Å². The molecule has 6 heteroatoms. The van der Waals surface area contributed by atoms with E-state index in [1.165, 1.54) is 7.11 Å². The number of para-hydroxylation sites is 1. The number of nitrogens with one attached hydrogen (secondary N) is 1. The SMILES string of the molecule is COc1cccc(NCC(N)C(C)C)c1[N+](=O)[O-]. The third kappa shape index (κ3) is 3.33. The second kappa shape index (κ2) is 6.20. The average molecular weight is 253 g/mol. The minimum absolute atomic E-state index is 0.0593. The molecule has 0 aliphatic heterocycles. The zero-order chi connectivity index (χ0) is 13.7. The minimum atomic E-state index is -0.456. The van der Waals surface area contributed by atoms with Crippen LogP contribution in [0.4, 0.5) is 11.4 Å². The van der Waals surface area contributed by atoms with Gasteiger partial charge in [-0.1, -0.05) is 19.9 Å². The zero-order valence-corrected chi connectivity index (χ0v) is 10.8. The molecule has 0 aliphatic carbocycles. The van der Waals surface area contributed by atoms with E-state index in [2.05, 4.69) is 5.32 Å². The molecule has 0 saturated heterocycles. The van der Waals surface area contributed by atoms with Crippen LogP contribution in [0.1, 0.15) is 13.8 Å². The highest BCUT2D eigenvalue weighted by molar-refractivity contribution is 5.68. The number of anilines is 1. The lowest BCUT2D eigenvalue weighted by Gasteiger charge is -2.17. The molecule has 0 amide bonds. The quantitative estimate of drug-likeness (QED) is 0.597. The van der Waals surface area contributed by atoms with Gasteiger partial charge in [-0.15, -0.1) is 0 Å². The van der Waals surface area contributed by atoms with E-state index in [1.807, 2.05) is 13.8 Å². The van der Waals surface area contributed by atoms with E-state index in [1.54, 1.807) is 18.2 Å². The molecule has 6 nitrogen and oxygen atoms in total. The number of nitro groups is 1. The van der Waals surface area contributed by atoms with Gasteiger partial charge >= 0.3 is 5.69 Å². The molecule has 100 valence electrons. The maximum atomic E-state index is 11.0. The van der Waals surface area contributed by atoms with Crippen molar-refractivity contribution in [2.24, 2.45) is 11.7 Å². The Morgan fingerprint density at radius 3 is 2.67 bits per heavy atom. The lowest BCUT2D eigenvalue weighted by Crippen LogP contribution is -2.34. The van der Waals surface area contributed by atoms with Crippen LogP contribution in [-0.4, -0.2) is 24.6 Å². The molecule has 1 unspecified atom stereocenters. The van der Waals surface area contributed by atoms with Crippen molar-refractivity contribution >= 4 is 11.4 Å². The Hall–Kier alpha value is -1.82. The summed E-state index contributed by atoms with van der Waals surface area (Å²) in [7, 11) is 1.41. The molecule has 0 heterocycles. The summed E-state index contributed by atoms with van der Waals surface area (Å²) < 4.78 is 4.99. The number of nitro benzene ring substituents is 1. The van der Waals surface area contributed by atoms with Gasteiger partial charge in [0.25, 0.3) is 0 Å². The molecule has 1 atom stereocenters. The highest BCUT2D eigenvalue weighted by atomic mass is 16.6. The Kier molecular flexibility index (Phi) is 4.91. The van der Waals surface area contributed by atoms with E-state index in [0.717, 1.165) is 0 Å². The molecule has 0 radical (unpaired) electrons. The Bertz CT molecular complexity index is 421. The van der Waals surface area contributed by atoms with Crippen molar-refractivity contribution in [2.75, 3.05) is 19.0 Å². The number of ether oxygens (including phenoxy) is 1. The fraction of sp³-hybridized carbons (Fsp3) is 0.500. The monoisotopic (exact) mass is 253 g/mol. The normalized spacial score (nSPS) is 12.3. The minimum Gasteiger partial charge on any atom is -0.490 e. The van der Waals surface area contributed by atoms with Crippen LogP contribution < -0.4 is 15.8 Å². The number of hydrogen-bond donors (Lipinski definition) is 2. The van der Waals surface area contributed by atoms with Gasteiger partial charge in [0.05, 0.1) is 12.0 Å². The maximum Gasteiger partial charge on any atom is 0.333 e. The molecule has 0 aliphatic rings. The number of hydrogen-bond acceptors (Lipinski definition) is 5. The molecular formula is C12H19N3O3. The first-order valence-corrected chi connectivity index (χ1v) is 5.78. The third-order valence-electron chi connectivity index (χ3n) is 2.79. The third-order valence-corrected chi connectivity index (χ3v) is 2.79. The van der Waals surface area contributed by atoms with Gasteiger partial charge in [-0.25, -0.2) is 0 Å². The number of benzene rings is 1. The number of rotatable bonds is 6. The largest absolute Gasteiger partial charge is 0.490 e. The molecule has 18 heavy (non-hydrogen) atoms.